The van der Waals surface area contributed by atoms with Gasteiger partial charge in [0, 0.05) is 0 Å². The number of benzene rings is 2. The number of fused-ring (bicyclic) bond motifs is 1. The van der Waals surface area contributed by atoms with Crippen molar-refractivity contribution in [2.45, 2.75) is 0 Å². The van der Waals surface area contributed by atoms with Gasteiger partial charge in [0.1, 0.15) is 6.33 Å². The molecule has 0 saturated carbocycles. The second-order valence-electron chi connectivity index (χ2n) is 3.99. The first-order chi connectivity index (χ1) is 8.79. The maximum Gasteiger partial charge on any atom is 0.100 e. The van der Waals surface area contributed by atoms with E-state index in [-0.39, 0.29) is 0 Å². The normalized spacial score (nSPS) is 10.4. The second-order valence-corrected chi connectivity index (χ2v) is 3.99. The molecule has 0 aliphatic rings. The maximum atomic E-state index is 8.83. The number of nitriles is 1. The monoisotopic (exact) mass is 234 g/mol. The SMILES string of the molecule is N#Cc1ccc(-n2cnc3ccccc32)c(N)c1. The molecule has 2 N–H and O–H groups in total. The molecule has 0 spiro atoms. The molecule has 0 radical (unpaired) electrons. The van der Waals surface area contributed by atoms with Gasteiger partial charge in [-0.1, -0.05) is 12.1 Å². The van der Waals surface area contributed by atoms with Crippen LogP contribution < -0.4 is 5.73 Å². The molecule has 3 rings (SSSR count). The zero-order valence-corrected chi connectivity index (χ0v) is 9.54. The number of aromatic nitrogens is 2. The molecule has 1 aromatic heterocycles. The van der Waals surface area contributed by atoms with Gasteiger partial charge in [-0.2, -0.15) is 5.26 Å². The van der Waals surface area contributed by atoms with Gasteiger partial charge in [0.15, 0.2) is 0 Å². The maximum absolute atomic E-state index is 8.83. The Morgan fingerprint density at radius 2 is 2.00 bits per heavy atom. The summed E-state index contributed by atoms with van der Waals surface area (Å²) in [7, 11) is 0. The summed E-state index contributed by atoms with van der Waals surface area (Å²) in [4.78, 5) is 4.32. The standard InChI is InChI=1S/C14H10N4/c15-8-10-5-6-13(11(16)7-10)18-9-17-12-3-1-2-4-14(12)18/h1-7,9H,16H2. The van der Waals surface area contributed by atoms with E-state index in [4.69, 9.17) is 11.0 Å². The molecule has 0 aliphatic carbocycles. The molecule has 0 amide bonds. The number of imidazole rings is 1. The molecule has 4 heteroatoms. The Hall–Kier alpha value is -2.80. The van der Waals surface area contributed by atoms with Crippen molar-refractivity contribution in [2.24, 2.45) is 0 Å². The third-order valence-electron chi connectivity index (χ3n) is 2.87. The Bertz CT molecular complexity index is 765. The van der Waals surface area contributed by atoms with Gasteiger partial charge in [-0.25, -0.2) is 4.98 Å². The lowest BCUT2D eigenvalue weighted by Crippen LogP contribution is -1.98. The number of nitrogens with two attached hydrogens (primary N) is 1. The second kappa shape index (κ2) is 3.90. The first kappa shape index (κ1) is 10.4. The first-order valence-electron chi connectivity index (χ1n) is 5.51. The van der Waals surface area contributed by atoms with Crippen LogP contribution in [0.25, 0.3) is 16.7 Å². The van der Waals surface area contributed by atoms with Gasteiger partial charge in [-0.3, -0.25) is 4.57 Å². The highest BCUT2D eigenvalue weighted by atomic mass is 15.1. The quantitative estimate of drug-likeness (QED) is 0.658. The Morgan fingerprint density at radius 3 is 2.78 bits per heavy atom. The summed E-state index contributed by atoms with van der Waals surface area (Å²) in [5, 5.41) is 8.83. The molecule has 86 valence electrons. The molecule has 3 aromatic rings. The summed E-state index contributed by atoms with van der Waals surface area (Å²) in [5.74, 6) is 0. The summed E-state index contributed by atoms with van der Waals surface area (Å²) < 4.78 is 1.92. The molecule has 0 unspecified atom stereocenters. The summed E-state index contributed by atoms with van der Waals surface area (Å²) in [5.41, 5.74) is 9.85. The van der Waals surface area contributed by atoms with Crippen LogP contribution in [0, 0.1) is 11.3 Å². The number of nitrogen functional groups attached to an aromatic ring is 1. The number of para-hydroxylation sites is 2. The van der Waals surface area contributed by atoms with Crippen molar-refractivity contribution in [3.63, 3.8) is 0 Å². The van der Waals surface area contributed by atoms with Crippen LogP contribution in [0.3, 0.4) is 0 Å². The summed E-state index contributed by atoms with van der Waals surface area (Å²) in [6.07, 6.45) is 1.74. The van der Waals surface area contributed by atoms with E-state index in [1.807, 2.05) is 34.9 Å². The van der Waals surface area contributed by atoms with E-state index in [0.717, 1.165) is 16.7 Å². The van der Waals surface area contributed by atoms with E-state index in [1.165, 1.54) is 0 Å². The highest BCUT2D eigenvalue weighted by Gasteiger charge is 2.07. The predicted octanol–water partition coefficient (Wildman–Crippen LogP) is 2.48. The lowest BCUT2D eigenvalue weighted by atomic mass is 10.2. The minimum Gasteiger partial charge on any atom is -0.397 e. The largest absolute Gasteiger partial charge is 0.397 e. The van der Waals surface area contributed by atoms with Crippen molar-refractivity contribution in [1.82, 2.24) is 9.55 Å². The van der Waals surface area contributed by atoms with Crippen LogP contribution in [-0.4, -0.2) is 9.55 Å². The molecule has 1 heterocycles. The molecule has 0 fully saturated rings. The van der Waals surface area contributed by atoms with Gasteiger partial charge in [0.25, 0.3) is 0 Å². The van der Waals surface area contributed by atoms with Gasteiger partial charge >= 0.3 is 0 Å². The fraction of sp³-hybridized carbons (Fsp3) is 0. The zero-order chi connectivity index (χ0) is 12.5. The van der Waals surface area contributed by atoms with Gasteiger partial charge in [0.2, 0.25) is 0 Å². The van der Waals surface area contributed by atoms with E-state index in [1.54, 1.807) is 18.5 Å². The van der Waals surface area contributed by atoms with Gasteiger partial charge < -0.3 is 5.73 Å². The van der Waals surface area contributed by atoms with Crippen LogP contribution in [0.5, 0.6) is 0 Å². The van der Waals surface area contributed by atoms with Crippen molar-refractivity contribution >= 4 is 16.7 Å². The number of rotatable bonds is 1. The Labute approximate surface area is 104 Å². The van der Waals surface area contributed by atoms with E-state index < -0.39 is 0 Å². The summed E-state index contributed by atoms with van der Waals surface area (Å²) >= 11 is 0. The van der Waals surface area contributed by atoms with Crippen molar-refractivity contribution in [2.75, 3.05) is 5.73 Å². The smallest absolute Gasteiger partial charge is 0.100 e. The van der Waals surface area contributed by atoms with Gasteiger partial charge in [-0.05, 0) is 30.3 Å². The van der Waals surface area contributed by atoms with Crippen LogP contribution in [0.2, 0.25) is 0 Å². The van der Waals surface area contributed by atoms with E-state index in [2.05, 4.69) is 11.1 Å². The molecule has 0 bridgehead atoms. The van der Waals surface area contributed by atoms with E-state index >= 15 is 0 Å². The van der Waals surface area contributed by atoms with Crippen LogP contribution in [-0.2, 0) is 0 Å². The molecular weight excluding hydrogens is 224 g/mol. The molecule has 0 saturated heterocycles. The third-order valence-corrected chi connectivity index (χ3v) is 2.87. The molecule has 18 heavy (non-hydrogen) atoms. The Kier molecular flexibility index (Phi) is 2.24. The zero-order valence-electron chi connectivity index (χ0n) is 9.54. The van der Waals surface area contributed by atoms with Crippen LogP contribution >= 0.6 is 0 Å². The number of nitrogens with zero attached hydrogens (tertiary/aromatic N) is 3. The van der Waals surface area contributed by atoms with Crippen molar-refractivity contribution in [1.29, 1.82) is 5.26 Å². The van der Waals surface area contributed by atoms with Crippen molar-refractivity contribution in [3.05, 3.63) is 54.4 Å². The molecule has 0 aliphatic heterocycles. The molecule has 2 aromatic carbocycles. The average molecular weight is 234 g/mol. The third kappa shape index (κ3) is 1.50. The Morgan fingerprint density at radius 1 is 1.17 bits per heavy atom. The molecule has 0 atom stereocenters. The number of hydrogen-bond donors (Lipinski definition) is 1. The first-order valence-corrected chi connectivity index (χ1v) is 5.51. The number of anilines is 1. The lowest BCUT2D eigenvalue weighted by Gasteiger charge is -2.07. The lowest BCUT2D eigenvalue weighted by molar-refractivity contribution is 1.09. The Balaban J connectivity index is 2.24. The van der Waals surface area contributed by atoms with E-state index in [9.17, 15) is 0 Å². The topological polar surface area (TPSA) is 67.6 Å². The highest BCUT2D eigenvalue weighted by molar-refractivity contribution is 5.79. The number of hydrogen-bond acceptors (Lipinski definition) is 3. The highest BCUT2D eigenvalue weighted by Crippen LogP contribution is 2.23. The summed E-state index contributed by atoms with van der Waals surface area (Å²) in [6.45, 7) is 0. The van der Waals surface area contributed by atoms with Crippen LogP contribution in [0.15, 0.2) is 48.8 Å². The van der Waals surface area contributed by atoms with Gasteiger partial charge in [-0.15, -0.1) is 0 Å². The van der Waals surface area contributed by atoms with Crippen molar-refractivity contribution in [3.8, 4) is 11.8 Å². The minimum atomic E-state index is 0.556. The van der Waals surface area contributed by atoms with E-state index in [0.29, 0.717) is 11.3 Å². The summed E-state index contributed by atoms with van der Waals surface area (Å²) in [6, 6.07) is 15.2. The van der Waals surface area contributed by atoms with Gasteiger partial charge in [0.05, 0.1) is 34.0 Å². The van der Waals surface area contributed by atoms with Crippen molar-refractivity contribution < 1.29 is 0 Å². The average Bonchev–Trinajstić information content (AvgIpc) is 2.82. The molecular formula is C14H10N4. The fourth-order valence-corrected chi connectivity index (χ4v) is 1.99. The van der Waals surface area contributed by atoms with Crippen LogP contribution in [0.4, 0.5) is 5.69 Å². The molecule has 4 nitrogen and oxygen atoms in total. The van der Waals surface area contributed by atoms with Crippen LogP contribution in [0.1, 0.15) is 5.56 Å². The minimum absolute atomic E-state index is 0.556. The fourth-order valence-electron chi connectivity index (χ4n) is 1.99. The predicted molar refractivity (Wildman–Crippen MR) is 70.2 cm³/mol.